The minimum Gasteiger partial charge on any atom is -0.759 e. The molecule has 0 amide bonds. The van der Waals surface area contributed by atoms with Crippen molar-refractivity contribution in [3.63, 3.8) is 0 Å². The summed E-state index contributed by atoms with van der Waals surface area (Å²) in [6.45, 7) is 0. The molecular weight excluding hydrogens is 662 g/mol. The Morgan fingerprint density at radius 1 is 0.455 bits per heavy atom. The minimum absolute atomic E-state index is 0. The van der Waals surface area contributed by atoms with Crippen molar-refractivity contribution in [1.82, 2.24) is 0 Å². The molecule has 0 aliphatic rings. The molecule has 22 heavy (non-hydrogen) atoms. The minimum atomic E-state index is -5.17. The maximum atomic E-state index is 8.74. The van der Waals surface area contributed by atoms with Gasteiger partial charge in [0.1, 0.15) is 0 Å². The van der Waals surface area contributed by atoms with Gasteiger partial charge in [-0.15, -0.1) is 0 Å². The standard InChI is InChI=1S/2La.4H2O4S/c;;4*1-5(2,3)4/h;;4*(H2,1,2,3,4)/q2*+3;;;;/p-6. The molecule has 0 aromatic rings. The zero-order valence-electron chi connectivity index (χ0n) is 9.40. The summed E-state index contributed by atoms with van der Waals surface area (Å²) in [6.07, 6.45) is 0. The van der Waals surface area contributed by atoms with E-state index < -0.39 is 41.6 Å². The fraction of sp³-hybridized carbons (Fsp3) is 0. The first-order valence-corrected chi connectivity index (χ1v) is 8.10. The summed E-state index contributed by atoms with van der Waals surface area (Å²) in [5, 5.41) is 0. The number of hydrogen-bond donors (Lipinski definition) is 2. The van der Waals surface area contributed by atoms with Gasteiger partial charge in [0, 0.05) is 31.2 Å². The molecular formula is H2La2O16S4. The normalized spacial score (nSPS) is 10.5. The zero-order valence-corrected chi connectivity index (χ0v) is 19.9. The van der Waals surface area contributed by atoms with E-state index in [1.165, 1.54) is 0 Å². The Hall–Kier alpha value is 1.87. The summed E-state index contributed by atoms with van der Waals surface area (Å²) < 4.78 is 134. The predicted molar refractivity (Wildman–Crippen MR) is 45.6 cm³/mol. The van der Waals surface area contributed by atoms with Crippen LogP contribution < -0.4 is 0 Å². The van der Waals surface area contributed by atoms with Crippen LogP contribution in [-0.2, 0) is 41.6 Å². The van der Waals surface area contributed by atoms with Crippen molar-refractivity contribution in [3.05, 3.63) is 0 Å². The van der Waals surface area contributed by atoms with Crippen LogP contribution in [0.2, 0.25) is 0 Å². The van der Waals surface area contributed by atoms with Gasteiger partial charge >= 0.3 is 81.6 Å². The van der Waals surface area contributed by atoms with Gasteiger partial charge in [-0.2, -0.15) is 8.42 Å². The van der Waals surface area contributed by atoms with Crippen LogP contribution in [0.1, 0.15) is 0 Å². The second-order valence-corrected chi connectivity index (χ2v) is 5.02. The Balaban J connectivity index is -0.0000000376. The Morgan fingerprint density at radius 2 is 0.455 bits per heavy atom. The predicted octanol–water partition coefficient (Wildman–Crippen LogP) is -4.67. The van der Waals surface area contributed by atoms with E-state index in [2.05, 4.69) is 0 Å². The largest absolute Gasteiger partial charge is 3.00 e. The second-order valence-electron chi connectivity index (χ2n) is 1.67. The van der Waals surface area contributed by atoms with Gasteiger partial charge in [0.25, 0.3) is 0 Å². The van der Waals surface area contributed by atoms with Gasteiger partial charge in [-0.05, 0) is 0 Å². The molecule has 0 aromatic carbocycles. The van der Waals surface area contributed by atoms with E-state index in [0.717, 1.165) is 0 Å². The molecule has 0 radical (unpaired) electrons. The molecule has 16 nitrogen and oxygen atoms in total. The number of rotatable bonds is 0. The Kier molecular flexibility index (Phi) is 29.0. The molecule has 0 spiro atoms. The molecule has 0 bridgehead atoms. The fourth-order valence-electron chi connectivity index (χ4n) is 0. The van der Waals surface area contributed by atoms with Crippen LogP contribution >= 0.6 is 0 Å². The van der Waals surface area contributed by atoms with E-state index in [9.17, 15) is 0 Å². The van der Waals surface area contributed by atoms with Crippen LogP contribution in [0, 0.1) is 71.2 Å². The van der Waals surface area contributed by atoms with Crippen molar-refractivity contribution in [2.75, 3.05) is 0 Å². The summed E-state index contributed by atoms with van der Waals surface area (Å²) >= 11 is 0. The van der Waals surface area contributed by atoms with Gasteiger partial charge in [0.2, 0.25) is 0 Å². The van der Waals surface area contributed by atoms with Crippen LogP contribution in [0.4, 0.5) is 0 Å². The molecule has 2 N–H and O–H groups in total. The van der Waals surface area contributed by atoms with Crippen molar-refractivity contribution < 1.29 is 141 Å². The van der Waals surface area contributed by atoms with E-state index >= 15 is 0 Å². The molecule has 22 heteroatoms. The van der Waals surface area contributed by atoms with Crippen molar-refractivity contribution >= 4 is 41.6 Å². The maximum absolute atomic E-state index is 8.74. The van der Waals surface area contributed by atoms with E-state index in [1.54, 1.807) is 0 Å². The summed E-state index contributed by atoms with van der Waals surface area (Å²) in [5.41, 5.74) is 0. The molecule has 0 fully saturated rings. The molecule has 0 rings (SSSR count). The van der Waals surface area contributed by atoms with E-state index in [-0.39, 0.29) is 71.2 Å². The van der Waals surface area contributed by atoms with Gasteiger partial charge < -0.3 is 27.3 Å². The van der Waals surface area contributed by atoms with Gasteiger partial charge in [0.15, 0.2) is 0 Å². The third-order valence-corrected chi connectivity index (χ3v) is 0. The first-order chi connectivity index (χ1) is 8.00. The fourth-order valence-corrected chi connectivity index (χ4v) is 0. The first-order valence-electron chi connectivity index (χ1n) is 2.70. The zero-order chi connectivity index (χ0) is 18.0. The van der Waals surface area contributed by atoms with Gasteiger partial charge in [-0.3, -0.25) is 34.4 Å². The van der Waals surface area contributed by atoms with Gasteiger partial charge in [0.05, 0.1) is 0 Å². The van der Waals surface area contributed by atoms with Gasteiger partial charge in [-0.1, -0.05) is 0 Å². The molecule has 0 aliphatic heterocycles. The van der Waals surface area contributed by atoms with E-state index in [4.69, 9.17) is 70.1 Å². The molecule has 0 aromatic heterocycles. The first kappa shape index (κ1) is 39.1. The smallest absolute Gasteiger partial charge is 0.759 e. The monoisotopic (exact) mass is 664 g/mol. The molecule has 0 saturated carbocycles. The summed E-state index contributed by atoms with van der Waals surface area (Å²) in [6, 6.07) is 0. The van der Waals surface area contributed by atoms with Crippen molar-refractivity contribution in [1.29, 1.82) is 0 Å². The third kappa shape index (κ3) is 2730. The van der Waals surface area contributed by atoms with Crippen LogP contribution in [0.15, 0.2) is 0 Å². The van der Waals surface area contributed by atoms with Crippen LogP contribution in [0.5, 0.6) is 0 Å². The molecule has 0 saturated heterocycles. The number of hydrogen-bond acceptors (Lipinski definition) is 14. The van der Waals surface area contributed by atoms with E-state index in [1.807, 2.05) is 0 Å². The Bertz CT molecular complexity index is 477. The SMILES string of the molecule is O=S(=O)(O)O.O=S(=O)([O-])[O-].O=S(=O)([O-])[O-].O=S(=O)([O-])[O-].[La+3].[La+3]. The van der Waals surface area contributed by atoms with E-state index in [0.29, 0.717) is 0 Å². The van der Waals surface area contributed by atoms with Crippen LogP contribution in [-0.4, -0.2) is 70.1 Å². The van der Waals surface area contributed by atoms with Crippen molar-refractivity contribution in [2.24, 2.45) is 0 Å². The Labute approximate surface area is 180 Å². The summed E-state index contributed by atoms with van der Waals surface area (Å²) in [7, 11) is -20.2. The molecule has 0 atom stereocenters. The summed E-state index contributed by atoms with van der Waals surface area (Å²) in [4.78, 5) is 0. The van der Waals surface area contributed by atoms with Crippen LogP contribution in [0.3, 0.4) is 0 Å². The molecule has 0 heterocycles. The molecule has 128 valence electrons. The Morgan fingerprint density at radius 3 is 0.455 bits per heavy atom. The summed E-state index contributed by atoms with van der Waals surface area (Å²) in [5.74, 6) is 0. The topological polar surface area (TPSA) is 315 Å². The van der Waals surface area contributed by atoms with Gasteiger partial charge in [-0.25, -0.2) is 0 Å². The average Bonchev–Trinajstić information content (AvgIpc) is 1.62. The molecule has 0 unspecified atom stereocenters. The van der Waals surface area contributed by atoms with Crippen LogP contribution in [0.25, 0.3) is 0 Å². The second kappa shape index (κ2) is 16.3. The third-order valence-electron chi connectivity index (χ3n) is 0. The average molecular weight is 664 g/mol. The molecule has 0 aliphatic carbocycles. The maximum Gasteiger partial charge on any atom is 3.00 e. The quantitative estimate of drug-likeness (QED) is 0.182. The van der Waals surface area contributed by atoms with Crippen molar-refractivity contribution in [2.45, 2.75) is 0 Å². The van der Waals surface area contributed by atoms with Crippen molar-refractivity contribution in [3.8, 4) is 0 Å².